The van der Waals surface area contributed by atoms with Gasteiger partial charge in [-0.05, 0) is 12.1 Å². The molecule has 2 rings (SSSR count). The second kappa shape index (κ2) is 5.36. The van der Waals surface area contributed by atoms with E-state index in [2.05, 4.69) is 4.99 Å². The van der Waals surface area contributed by atoms with E-state index in [4.69, 9.17) is 11.6 Å². The lowest BCUT2D eigenvalue weighted by Crippen LogP contribution is -2.24. The molecule has 0 radical (unpaired) electrons. The van der Waals surface area contributed by atoms with Crippen LogP contribution in [-0.2, 0) is 4.79 Å². The van der Waals surface area contributed by atoms with Gasteiger partial charge in [-0.2, -0.15) is 4.99 Å². The fourth-order valence-electron chi connectivity index (χ4n) is 1.65. The van der Waals surface area contributed by atoms with Gasteiger partial charge >= 0.3 is 0 Å². The molecule has 1 aromatic carbocycles. The Morgan fingerprint density at radius 2 is 2.33 bits per heavy atom. The maximum Gasteiger partial charge on any atom is 0.294 e. The molecule has 1 fully saturated rings. The van der Waals surface area contributed by atoms with Crippen molar-refractivity contribution in [1.82, 2.24) is 0 Å². The van der Waals surface area contributed by atoms with Gasteiger partial charge in [-0.25, -0.2) is 0 Å². The van der Waals surface area contributed by atoms with Crippen LogP contribution in [0.25, 0.3) is 0 Å². The molecule has 0 bridgehead atoms. The highest BCUT2D eigenvalue weighted by molar-refractivity contribution is 8.14. The summed E-state index contributed by atoms with van der Waals surface area (Å²) in [5, 5.41) is 11.8. The number of nitro benzene ring substituents is 1. The molecule has 0 N–H and O–H groups in total. The lowest BCUT2D eigenvalue weighted by atomic mass is 10.2. The molecule has 0 atom stereocenters. The Hall–Kier alpha value is -1.60. The molecule has 0 aliphatic carbocycles. The molecule has 1 saturated heterocycles. The highest BCUT2D eigenvalue weighted by Crippen LogP contribution is 2.34. The van der Waals surface area contributed by atoms with Crippen LogP contribution in [0.4, 0.5) is 11.4 Å². The van der Waals surface area contributed by atoms with Gasteiger partial charge in [0.25, 0.3) is 5.69 Å². The lowest BCUT2D eigenvalue weighted by molar-refractivity contribution is -0.384. The van der Waals surface area contributed by atoms with E-state index in [0.717, 1.165) is 5.75 Å². The first kappa shape index (κ1) is 12.8. The Labute approximate surface area is 112 Å². The van der Waals surface area contributed by atoms with Crippen molar-refractivity contribution in [3.63, 3.8) is 0 Å². The Morgan fingerprint density at radius 1 is 1.56 bits per heavy atom. The lowest BCUT2D eigenvalue weighted by Gasteiger charge is -2.17. The second-order valence-corrected chi connectivity index (χ2v) is 4.91. The molecule has 0 saturated carbocycles. The number of benzene rings is 1. The molecule has 1 amide bonds. The van der Waals surface area contributed by atoms with Crippen molar-refractivity contribution in [1.29, 1.82) is 0 Å². The molecule has 1 heterocycles. The van der Waals surface area contributed by atoms with E-state index >= 15 is 0 Å². The summed E-state index contributed by atoms with van der Waals surface area (Å²) in [6, 6.07) is 4.43. The largest absolute Gasteiger partial charge is 0.314 e. The predicted octanol–water partition coefficient (Wildman–Crippen LogP) is 2.31. The smallest absolute Gasteiger partial charge is 0.294 e. The quantitative estimate of drug-likeness (QED) is 0.484. The minimum Gasteiger partial charge on any atom is -0.314 e. The number of anilines is 1. The molecule has 1 aromatic rings. The number of nitrogens with zero attached hydrogens (tertiary/aromatic N) is 3. The third kappa shape index (κ3) is 2.46. The van der Waals surface area contributed by atoms with Crippen molar-refractivity contribution in [2.75, 3.05) is 17.2 Å². The van der Waals surface area contributed by atoms with E-state index in [1.807, 2.05) is 0 Å². The van der Waals surface area contributed by atoms with Crippen LogP contribution >= 0.6 is 23.4 Å². The third-order valence-corrected chi connectivity index (χ3v) is 3.57. The van der Waals surface area contributed by atoms with Crippen molar-refractivity contribution in [3.05, 3.63) is 33.3 Å². The summed E-state index contributed by atoms with van der Waals surface area (Å²) in [5.74, 6) is 0.729. The first-order chi connectivity index (χ1) is 8.63. The van der Waals surface area contributed by atoms with E-state index in [0.29, 0.717) is 28.8 Å². The molecule has 0 spiro atoms. The molecule has 6 nitrogen and oxygen atoms in total. The molecule has 0 unspecified atom stereocenters. The van der Waals surface area contributed by atoms with Gasteiger partial charge in [0.2, 0.25) is 6.41 Å². The molecule has 8 heteroatoms. The summed E-state index contributed by atoms with van der Waals surface area (Å²) < 4.78 is 0. The highest BCUT2D eigenvalue weighted by Gasteiger charge is 2.27. The number of thioether (sulfide) groups is 1. The van der Waals surface area contributed by atoms with Crippen molar-refractivity contribution < 1.29 is 9.72 Å². The first-order valence-electron chi connectivity index (χ1n) is 4.99. The van der Waals surface area contributed by atoms with Crippen molar-refractivity contribution in [3.8, 4) is 0 Å². The first-order valence-corrected chi connectivity index (χ1v) is 6.35. The number of hydrogen-bond acceptors (Lipinski definition) is 4. The Kier molecular flexibility index (Phi) is 3.83. The number of amides is 1. The monoisotopic (exact) mass is 285 g/mol. The third-order valence-electron chi connectivity index (χ3n) is 2.37. The number of aliphatic imine (C=N–C) groups is 1. The zero-order valence-corrected chi connectivity index (χ0v) is 10.6. The highest BCUT2D eigenvalue weighted by atomic mass is 35.5. The van der Waals surface area contributed by atoms with Crippen molar-refractivity contribution in [2.24, 2.45) is 4.99 Å². The minimum atomic E-state index is -0.497. The minimum absolute atomic E-state index is 0.0939. The topological polar surface area (TPSA) is 75.8 Å². The van der Waals surface area contributed by atoms with Crippen LogP contribution in [0.15, 0.2) is 23.2 Å². The van der Waals surface area contributed by atoms with Gasteiger partial charge in [0.05, 0.1) is 4.92 Å². The molecular weight excluding hydrogens is 278 g/mol. The number of rotatable bonds is 3. The van der Waals surface area contributed by atoms with Gasteiger partial charge < -0.3 is 4.90 Å². The van der Waals surface area contributed by atoms with E-state index in [-0.39, 0.29) is 5.69 Å². The Bertz CT molecular complexity index is 535. The van der Waals surface area contributed by atoms with Crippen LogP contribution in [0.3, 0.4) is 0 Å². The van der Waals surface area contributed by atoms with E-state index in [1.54, 1.807) is 17.0 Å². The maximum absolute atomic E-state index is 11.0. The molecule has 1 aliphatic heterocycles. The summed E-state index contributed by atoms with van der Waals surface area (Å²) in [5.41, 5.74) is 0.304. The number of nitro groups is 1. The summed E-state index contributed by atoms with van der Waals surface area (Å²) in [7, 11) is 0. The zero-order valence-electron chi connectivity index (χ0n) is 9.08. The van der Waals surface area contributed by atoms with Crippen LogP contribution in [0.5, 0.6) is 0 Å². The van der Waals surface area contributed by atoms with Crippen LogP contribution in [-0.4, -0.2) is 28.8 Å². The molecule has 18 heavy (non-hydrogen) atoms. The number of carbonyl (C=O) groups is 1. The molecule has 1 aliphatic rings. The van der Waals surface area contributed by atoms with Gasteiger partial charge in [-0.1, -0.05) is 23.4 Å². The Balaban J connectivity index is 2.47. The summed E-state index contributed by atoms with van der Waals surface area (Å²) >= 11 is 7.13. The average Bonchev–Trinajstić information content (AvgIpc) is 2.77. The normalized spacial score (nSPS) is 17.2. The SMILES string of the molecule is O=CN=C1SCCN1c1ccc(Cl)cc1[N+](=O)[O-]. The summed E-state index contributed by atoms with van der Waals surface area (Å²) in [6.07, 6.45) is 0.433. The second-order valence-electron chi connectivity index (χ2n) is 3.41. The average molecular weight is 286 g/mol. The van der Waals surface area contributed by atoms with Crippen LogP contribution in [0.1, 0.15) is 0 Å². The van der Waals surface area contributed by atoms with E-state index < -0.39 is 4.92 Å². The fourth-order valence-corrected chi connectivity index (χ4v) is 2.73. The zero-order chi connectivity index (χ0) is 13.1. The molecule has 0 aromatic heterocycles. The van der Waals surface area contributed by atoms with Gasteiger partial charge in [0, 0.05) is 23.4 Å². The van der Waals surface area contributed by atoms with Gasteiger partial charge in [-0.3, -0.25) is 14.9 Å². The van der Waals surface area contributed by atoms with Crippen molar-refractivity contribution in [2.45, 2.75) is 0 Å². The van der Waals surface area contributed by atoms with Gasteiger partial charge in [-0.15, -0.1) is 0 Å². The van der Waals surface area contributed by atoms with Gasteiger partial charge in [0.15, 0.2) is 5.17 Å². The number of hydrogen-bond donors (Lipinski definition) is 0. The standard InChI is InChI=1S/C10H8ClN3O3S/c11-7-1-2-8(9(5-7)14(16)17)13-3-4-18-10(13)12-6-15/h1-2,5-6H,3-4H2. The van der Waals surface area contributed by atoms with Crippen LogP contribution < -0.4 is 4.90 Å². The van der Waals surface area contributed by atoms with Crippen LogP contribution in [0.2, 0.25) is 5.02 Å². The summed E-state index contributed by atoms with van der Waals surface area (Å²) in [6.45, 7) is 0.569. The Morgan fingerprint density at radius 3 is 3.00 bits per heavy atom. The fraction of sp³-hybridized carbons (Fsp3) is 0.200. The maximum atomic E-state index is 11.0. The van der Waals surface area contributed by atoms with E-state index in [1.165, 1.54) is 17.8 Å². The number of carbonyl (C=O) groups excluding carboxylic acids is 1. The van der Waals surface area contributed by atoms with Gasteiger partial charge in [0.1, 0.15) is 5.69 Å². The number of halogens is 1. The number of amidine groups is 1. The van der Waals surface area contributed by atoms with Crippen LogP contribution in [0, 0.1) is 10.1 Å². The molecule has 94 valence electrons. The summed E-state index contributed by atoms with van der Waals surface area (Å²) in [4.78, 5) is 26.3. The van der Waals surface area contributed by atoms with E-state index in [9.17, 15) is 14.9 Å². The molecular formula is C10H8ClN3O3S. The predicted molar refractivity (Wildman–Crippen MR) is 71.4 cm³/mol. The van der Waals surface area contributed by atoms with Crippen molar-refractivity contribution >= 4 is 46.3 Å².